The molecule has 1 aromatic heterocycles. The minimum absolute atomic E-state index is 0.0537. The van der Waals surface area contributed by atoms with Crippen molar-refractivity contribution in [1.29, 1.82) is 0 Å². The summed E-state index contributed by atoms with van der Waals surface area (Å²) in [6, 6.07) is 9.44. The van der Waals surface area contributed by atoms with Crippen molar-refractivity contribution in [2.75, 3.05) is 93.9 Å². The predicted molar refractivity (Wildman–Crippen MR) is 244 cm³/mol. The molecule has 1 saturated carbocycles. The number of carbonyl (C=O) groups excluding carboxylic acids is 6. The van der Waals surface area contributed by atoms with Crippen LogP contribution in [0.2, 0.25) is 0 Å². The van der Waals surface area contributed by atoms with Crippen molar-refractivity contribution in [3.63, 3.8) is 0 Å². The monoisotopic (exact) mass is 912 g/mol. The lowest BCUT2D eigenvalue weighted by molar-refractivity contribution is -0.137. The van der Waals surface area contributed by atoms with Crippen molar-refractivity contribution >= 4 is 64.3 Å². The standard InChI is InChI=1S/C46H60N10O10/c1-4-35-45(62)54(2)37-27-49-46(53-41(37)56(35)30-8-5-6-9-30)51-34-13-12-29(26-38(34)63-3)42(59)48-19-21-65-23-25-66-24-22-64-20-18-47-17-16-40(58)50-33-11-7-10-31-32(33)28-55(44(31)61)36-14-15-39(57)52-43(36)60/h7,10-13,26-27,30,35-36,47H,4-6,8-9,14-25,28H2,1-3H3,(H,48,59)(H,50,58)(H,49,51,53)(H,52,57,60)/t35-,36?/m1/s1. The van der Waals surface area contributed by atoms with Crippen LogP contribution in [0.3, 0.4) is 0 Å². The van der Waals surface area contributed by atoms with Gasteiger partial charge in [0.1, 0.15) is 23.5 Å². The van der Waals surface area contributed by atoms with Crippen molar-refractivity contribution in [3.8, 4) is 5.75 Å². The molecule has 0 radical (unpaired) electrons. The molecule has 7 rings (SSSR count). The van der Waals surface area contributed by atoms with Gasteiger partial charge in [-0.25, -0.2) is 4.98 Å². The van der Waals surface area contributed by atoms with Gasteiger partial charge in [0.2, 0.25) is 29.6 Å². The third-order valence-electron chi connectivity index (χ3n) is 12.2. The van der Waals surface area contributed by atoms with E-state index in [0.717, 1.165) is 31.5 Å². The lowest BCUT2D eigenvalue weighted by atomic mass is 10.0. The van der Waals surface area contributed by atoms with Gasteiger partial charge in [-0.3, -0.25) is 34.1 Å². The highest BCUT2D eigenvalue weighted by Crippen LogP contribution is 2.40. The first kappa shape index (κ1) is 47.7. The number of methoxy groups -OCH3 is 1. The highest BCUT2D eigenvalue weighted by molar-refractivity contribution is 6.07. The summed E-state index contributed by atoms with van der Waals surface area (Å²) >= 11 is 0. The minimum atomic E-state index is -0.726. The zero-order chi connectivity index (χ0) is 46.6. The summed E-state index contributed by atoms with van der Waals surface area (Å²) in [4.78, 5) is 90.6. The summed E-state index contributed by atoms with van der Waals surface area (Å²) in [7, 11) is 3.30. The number of aromatic nitrogens is 2. The van der Waals surface area contributed by atoms with Gasteiger partial charge in [-0.2, -0.15) is 4.98 Å². The van der Waals surface area contributed by atoms with E-state index in [2.05, 4.69) is 36.5 Å². The molecule has 1 unspecified atom stereocenters. The topological polar surface area (TPSA) is 235 Å². The molecule has 4 heterocycles. The van der Waals surface area contributed by atoms with Crippen LogP contribution in [0.1, 0.15) is 84.6 Å². The molecule has 3 aromatic rings. The van der Waals surface area contributed by atoms with Crippen molar-refractivity contribution in [3.05, 3.63) is 59.3 Å². The molecule has 354 valence electrons. The van der Waals surface area contributed by atoms with E-state index in [1.807, 2.05) is 6.92 Å². The second-order valence-corrected chi connectivity index (χ2v) is 16.5. The predicted octanol–water partition coefficient (Wildman–Crippen LogP) is 2.89. The molecule has 20 nitrogen and oxygen atoms in total. The van der Waals surface area contributed by atoms with Gasteiger partial charge in [0.25, 0.3) is 11.8 Å². The lowest BCUT2D eigenvalue weighted by Crippen LogP contribution is -2.55. The fourth-order valence-corrected chi connectivity index (χ4v) is 8.77. The van der Waals surface area contributed by atoms with Gasteiger partial charge in [0.15, 0.2) is 5.82 Å². The molecule has 5 N–H and O–H groups in total. The first-order valence-electron chi connectivity index (χ1n) is 22.7. The van der Waals surface area contributed by atoms with Gasteiger partial charge in [0, 0.05) is 74.5 Å². The molecule has 1 saturated heterocycles. The molecule has 6 amide bonds. The van der Waals surface area contributed by atoms with Gasteiger partial charge in [-0.1, -0.05) is 25.8 Å². The number of likely N-dealkylation sites (N-methyl/N-ethyl adjacent to an activating group) is 1. The number of rotatable bonds is 23. The number of amides is 6. The maximum Gasteiger partial charge on any atom is 0.255 e. The number of anilines is 5. The fraction of sp³-hybridized carbons (Fsp3) is 0.522. The number of hydrogen-bond donors (Lipinski definition) is 5. The minimum Gasteiger partial charge on any atom is -0.495 e. The summed E-state index contributed by atoms with van der Waals surface area (Å²) in [6.07, 6.45) is 7.31. The SMILES string of the molecule is CC[C@@H]1C(=O)N(C)c2cnc(Nc3ccc(C(=O)NCCOCCOCCOCCNCCC(=O)Nc4cccc5c4CN(C4CCC(=O)NC4=O)C5=O)cc3OC)nc2N1C1CCCC1. The van der Waals surface area contributed by atoms with Crippen LogP contribution in [0.25, 0.3) is 0 Å². The van der Waals surface area contributed by atoms with E-state index < -0.39 is 11.9 Å². The first-order chi connectivity index (χ1) is 32.1. The van der Waals surface area contributed by atoms with E-state index in [-0.39, 0.29) is 67.4 Å². The maximum absolute atomic E-state index is 13.2. The van der Waals surface area contributed by atoms with Crippen LogP contribution in [0.15, 0.2) is 42.6 Å². The Morgan fingerprint density at radius 2 is 1.64 bits per heavy atom. The Balaban J connectivity index is 0.725. The largest absolute Gasteiger partial charge is 0.495 e. The maximum atomic E-state index is 13.2. The Labute approximate surface area is 383 Å². The Bertz CT molecular complexity index is 2250. The van der Waals surface area contributed by atoms with E-state index in [0.29, 0.717) is 111 Å². The Hall–Kier alpha value is -6.22. The Morgan fingerprint density at radius 1 is 0.894 bits per heavy atom. The fourth-order valence-electron chi connectivity index (χ4n) is 8.77. The van der Waals surface area contributed by atoms with E-state index >= 15 is 0 Å². The third-order valence-corrected chi connectivity index (χ3v) is 12.2. The quantitative estimate of drug-likeness (QED) is 0.0680. The number of piperidine rings is 1. The summed E-state index contributed by atoms with van der Waals surface area (Å²) in [6.45, 7) is 5.69. The average molecular weight is 913 g/mol. The van der Waals surface area contributed by atoms with Crippen LogP contribution in [-0.4, -0.2) is 142 Å². The molecular weight excluding hydrogens is 853 g/mol. The van der Waals surface area contributed by atoms with Crippen LogP contribution < -0.4 is 41.1 Å². The summed E-state index contributed by atoms with van der Waals surface area (Å²) in [5.41, 5.74) is 3.31. The number of benzene rings is 2. The molecule has 3 aliphatic heterocycles. The molecule has 4 aliphatic rings. The zero-order valence-corrected chi connectivity index (χ0v) is 37.8. The normalized spacial score (nSPS) is 18.3. The number of nitrogens with one attached hydrogen (secondary N) is 5. The second kappa shape index (κ2) is 22.8. The van der Waals surface area contributed by atoms with Gasteiger partial charge < -0.3 is 54.9 Å². The summed E-state index contributed by atoms with van der Waals surface area (Å²) in [5, 5.41) is 14.5. The number of imide groups is 1. The number of carbonyl (C=O) groups is 6. The summed E-state index contributed by atoms with van der Waals surface area (Å²) < 4.78 is 22.4. The highest BCUT2D eigenvalue weighted by Gasteiger charge is 2.42. The number of ether oxygens (including phenoxy) is 4. The molecule has 1 aliphatic carbocycles. The zero-order valence-electron chi connectivity index (χ0n) is 37.8. The van der Waals surface area contributed by atoms with Crippen molar-refractivity contribution in [2.24, 2.45) is 0 Å². The van der Waals surface area contributed by atoms with Crippen LogP contribution in [-0.2, 0) is 39.9 Å². The van der Waals surface area contributed by atoms with Gasteiger partial charge >= 0.3 is 0 Å². The lowest BCUT2D eigenvalue weighted by Gasteiger charge is -2.43. The van der Waals surface area contributed by atoms with Crippen molar-refractivity contribution in [2.45, 2.75) is 83.0 Å². The van der Waals surface area contributed by atoms with Crippen molar-refractivity contribution in [1.82, 2.24) is 30.8 Å². The smallest absolute Gasteiger partial charge is 0.255 e. The number of nitrogens with zero attached hydrogens (tertiary/aromatic N) is 5. The molecule has 20 heteroatoms. The van der Waals surface area contributed by atoms with E-state index in [1.54, 1.807) is 54.5 Å². The molecule has 2 aromatic carbocycles. The Kier molecular flexibility index (Phi) is 16.5. The summed E-state index contributed by atoms with van der Waals surface area (Å²) in [5.74, 6) is -0.0159. The van der Waals surface area contributed by atoms with Crippen LogP contribution >= 0.6 is 0 Å². The van der Waals surface area contributed by atoms with E-state index in [1.165, 1.54) is 12.0 Å². The molecule has 2 atom stereocenters. The van der Waals surface area contributed by atoms with E-state index in [9.17, 15) is 28.8 Å². The van der Waals surface area contributed by atoms with Crippen molar-refractivity contribution < 1.29 is 47.7 Å². The first-order valence-corrected chi connectivity index (χ1v) is 22.7. The number of hydrogen-bond acceptors (Lipinski definition) is 15. The van der Waals surface area contributed by atoms with Gasteiger partial charge in [-0.05, 0) is 56.0 Å². The van der Waals surface area contributed by atoms with Crippen LogP contribution in [0.5, 0.6) is 5.75 Å². The molecule has 0 bridgehead atoms. The Morgan fingerprint density at radius 3 is 2.36 bits per heavy atom. The van der Waals surface area contributed by atoms with E-state index in [4.69, 9.17) is 23.9 Å². The number of fused-ring (bicyclic) bond motifs is 2. The van der Waals surface area contributed by atoms with Crippen LogP contribution in [0, 0.1) is 0 Å². The molecular formula is C46H60N10O10. The average Bonchev–Trinajstić information content (AvgIpc) is 3.97. The highest BCUT2D eigenvalue weighted by atomic mass is 16.5. The van der Waals surface area contributed by atoms with Gasteiger partial charge in [-0.15, -0.1) is 0 Å². The van der Waals surface area contributed by atoms with Crippen LogP contribution in [0.4, 0.5) is 28.8 Å². The van der Waals surface area contributed by atoms with Gasteiger partial charge in [0.05, 0.1) is 58.6 Å². The third kappa shape index (κ3) is 11.4. The second-order valence-electron chi connectivity index (χ2n) is 16.5. The molecule has 66 heavy (non-hydrogen) atoms. The molecule has 0 spiro atoms. The molecule has 2 fully saturated rings.